The Hall–Kier alpha value is -3.70. The second kappa shape index (κ2) is 9.40. The van der Waals surface area contributed by atoms with Crippen LogP contribution >= 0.6 is 0 Å². The van der Waals surface area contributed by atoms with Crippen molar-refractivity contribution in [3.05, 3.63) is 47.9 Å². The molecule has 1 fully saturated rings. The second-order valence-electron chi connectivity index (χ2n) is 9.87. The van der Waals surface area contributed by atoms with Crippen molar-refractivity contribution < 1.29 is 19.4 Å². The monoisotopic (exact) mass is 493 g/mol. The van der Waals surface area contributed by atoms with Crippen LogP contribution in [0.25, 0.3) is 5.65 Å². The highest BCUT2D eigenvalue weighted by atomic mass is 16.5. The van der Waals surface area contributed by atoms with Gasteiger partial charge in [-0.25, -0.2) is 9.50 Å². The molecule has 5 rings (SSSR count). The molecule has 1 atom stereocenters. The van der Waals surface area contributed by atoms with Gasteiger partial charge in [-0.3, -0.25) is 14.5 Å². The predicted octanol–water partition coefficient (Wildman–Crippen LogP) is 1.05. The maximum Gasteiger partial charge on any atom is 0.261 e. The lowest BCUT2D eigenvalue weighted by molar-refractivity contribution is -0.124. The topological polar surface area (TPSA) is 138 Å². The summed E-state index contributed by atoms with van der Waals surface area (Å²) in [5, 5.41) is 16.6. The van der Waals surface area contributed by atoms with Crippen molar-refractivity contribution in [1.82, 2.24) is 19.5 Å². The summed E-state index contributed by atoms with van der Waals surface area (Å²) in [6.07, 6.45) is 5.94. The van der Waals surface area contributed by atoms with E-state index in [-0.39, 0.29) is 18.1 Å². The van der Waals surface area contributed by atoms with E-state index < -0.39 is 11.9 Å². The number of hydrogen-bond acceptors (Lipinski definition) is 8. The molecule has 0 radical (unpaired) electrons. The van der Waals surface area contributed by atoms with Gasteiger partial charge in [0.25, 0.3) is 5.91 Å². The van der Waals surface area contributed by atoms with Crippen molar-refractivity contribution in [3.63, 3.8) is 0 Å². The third-order valence-electron chi connectivity index (χ3n) is 6.78. The molecule has 11 heteroatoms. The van der Waals surface area contributed by atoms with Crippen LogP contribution in [0, 0.1) is 0 Å². The molecule has 1 saturated heterocycles. The number of nitrogens with two attached hydrogens (primary N) is 1. The number of aliphatic hydroxyl groups is 1. The predicted molar refractivity (Wildman–Crippen MR) is 134 cm³/mol. The minimum atomic E-state index is -0.497. The smallest absolute Gasteiger partial charge is 0.261 e. The number of fused-ring (bicyclic) bond motifs is 2. The van der Waals surface area contributed by atoms with Gasteiger partial charge in [0.2, 0.25) is 5.91 Å². The third kappa shape index (κ3) is 4.59. The number of benzene rings is 1. The maximum absolute atomic E-state index is 13.3. The number of aromatic nitrogens is 3. The molecule has 3 aromatic rings. The van der Waals surface area contributed by atoms with Crippen molar-refractivity contribution in [2.75, 3.05) is 43.0 Å². The maximum atomic E-state index is 13.3. The molecule has 4 N–H and O–H groups in total. The summed E-state index contributed by atoms with van der Waals surface area (Å²) in [5.41, 5.74) is 8.68. The molecule has 190 valence electrons. The molecule has 2 aliphatic rings. The third-order valence-corrected chi connectivity index (χ3v) is 6.78. The number of piperazine rings is 1. The number of rotatable bonds is 7. The van der Waals surface area contributed by atoms with Crippen LogP contribution in [0.4, 0.5) is 11.4 Å². The fraction of sp³-hybridized carbons (Fsp3) is 0.440. The van der Waals surface area contributed by atoms with Crippen LogP contribution in [-0.2, 0) is 11.2 Å². The Morgan fingerprint density at radius 2 is 2.03 bits per heavy atom. The van der Waals surface area contributed by atoms with Crippen LogP contribution in [0.5, 0.6) is 5.75 Å². The Balaban J connectivity index is 1.42. The average Bonchev–Trinajstić information content (AvgIpc) is 3.41. The summed E-state index contributed by atoms with van der Waals surface area (Å²) in [7, 11) is 0. The molecule has 0 saturated carbocycles. The lowest BCUT2D eigenvalue weighted by Crippen LogP contribution is -2.54. The highest BCUT2D eigenvalue weighted by Gasteiger charge is 2.33. The minimum Gasteiger partial charge on any atom is -0.487 e. The van der Waals surface area contributed by atoms with Crippen molar-refractivity contribution in [3.8, 4) is 5.75 Å². The summed E-state index contributed by atoms with van der Waals surface area (Å²) in [6, 6.07) is 5.23. The molecule has 0 bridgehead atoms. The SMILES string of the molecule is CC1(C)Cc2cc(NC(=O)c3cnn4cccnc34)c(N3CCN([C@H](CCO)C(N)=O)CC3)cc2O1. The zero-order valence-corrected chi connectivity index (χ0v) is 20.5. The number of nitrogens with zero attached hydrogens (tertiary/aromatic N) is 5. The van der Waals surface area contributed by atoms with E-state index in [4.69, 9.17) is 10.5 Å². The number of carbonyl (C=O) groups is 2. The van der Waals surface area contributed by atoms with Crippen molar-refractivity contribution in [2.24, 2.45) is 5.73 Å². The first-order valence-electron chi connectivity index (χ1n) is 12.1. The van der Waals surface area contributed by atoms with Gasteiger partial charge in [0.05, 0.1) is 23.6 Å². The summed E-state index contributed by atoms with van der Waals surface area (Å²) in [4.78, 5) is 33.7. The molecule has 2 amide bonds. The largest absolute Gasteiger partial charge is 0.487 e. The standard InChI is InChI=1S/C25H31N7O4/c1-25(2)14-16-12-18(29-24(35)17-15-28-32-6-3-5-27-23(17)32)20(13-21(16)36-25)31-9-7-30(8-10-31)19(4-11-33)22(26)34/h3,5-6,12-13,15,19,33H,4,7-11,14H2,1-2H3,(H2,26,34)(H,29,35)/t19-/m1/s1. The van der Waals surface area contributed by atoms with Crippen LogP contribution < -0.4 is 20.7 Å². The van der Waals surface area contributed by atoms with Crippen LogP contribution in [0.3, 0.4) is 0 Å². The number of ether oxygens (including phenoxy) is 1. The zero-order valence-electron chi connectivity index (χ0n) is 20.5. The number of anilines is 2. The first-order chi connectivity index (χ1) is 17.3. The number of carbonyl (C=O) groups excluding carboxylic acids is 2. The van der Waals surface area contributed by atoms with Gasteiger partial charge in [-0.2, -0.15) is 5.10 Å². The second-order valence-corrected chi connectivity index (χ2v) is 9.87. The highest BCUT2D eigenvalue weighted by molar-refractivity contribution is 6.09. The van der Waals surface area contributed by atoms with Gasteiger partial charge in [-0.05, 0) is 32.4 Å². The molecular formula is C25H31N7O4. The molecule has 11 nitrogen and oxygen atoms in total. The molecule has 36 heavy (non-hydrogen) atoms. The van der Waals surface area contributed by atoms with Gasteiger partial charge >= 0.3 is 0 Å². The average molecular weight is 494 g/mol. The van der Waals surface area contributed by atoms with Crippen LogP contribution in [0.1, 0.15) is 36.2 Å². The Bertz CT molecular complexity index is 1300. The zero-order chi connectivity index (χ0) is 25.4. The van der Waals surface area contributed by atoms with Crippen molar-refractivity contribution >= 4 is 28.8 Å². The summed E-state index contributed by atoms with van der Waals surface area (Å²) >= 11 is 0. The van der Waals surface area contributed by atoms with Crippen molar-refractivity contribution in [1.29, 1.82) is 0 Å². The van der Waals surface area contributed by atoms with Gasteiger partial charge in [0.15, 0.2) is 5.65 Å². The quantitative estimate of drug-likeness (QED) is 0.444. The lowest BCUT2D eigenvalue weighted by Gasteiger charge is -2.39. The number of amides is 2. The number of hydrogen-bond donors (Lipinski definition) is 3. The van der Waals surface area contributed by atoms with E-state index in [2.05, 4.69) is 20.3 Å². The van der Waals surface area contributed by atoms with Gasteiger partial charge in [0.1, 0.15) is 16.9 Å². The van der Waals surface area contributed by atoms with E-state index in [9.17, 15) is 14.7 Å². The van der Waals surface area contributed by atoms with Crippen LogP contribution in [0.2, 0.25) is 0 Å². The summed E-state index contributed by atoms with van der Waals surface area (Å²) < 4.78 is 7.74. The number of nitrogens with one attached hydrogen (secondary N) is 1. The number of aliphatic hydroxyl groups excluding tert-OH is 1. The Labute approximate surface area is 208 Å². The van der Waals surface area contributed by atoms with E-state index in [1.54, 1.807) is 23.0 Å². The molecule has 0 aliphatic carbocycles. The minimum absolute atomic E-state index is 0.0969. The molecule has 4 heterocycles. The van der Waals surface area contributed by atoms with E-state index in [1.807, 2.05) is 30.9 Å². The molecule has 1 aromatic carbocycles. The van der Waals surface area contributed by atoms with Crippen molar-refractivity contribution in [2.45, 2.75) is 38.3 Å². The summed E-state index contributed by atoms with van der Waals surface area (Å²) in [5.74, 6) is 0.0856. The van der Waals surface area contributed by atoms with E-state index in [0.717, 1.165) is 23.4 Å². The molecule has 0 unspecified atom stereocenters. The highest BCUT2D eigenvalue weighted by Crippen LogP contribution is 2.42. The van der Waals surface area contributed by atoms with E-state index >= 15 is 0 Å². The molecule has 2 aliphatic heterocycles. The van der Waals surface area contributed by atoms with Gasteiger partial charge in [-0.1, -0.05) is 0 Å². The number of primary amides is 1. The first-order valence-corrected chi connectivity index (χ1v) is 12.1. The van der Waals surface area contributed by atoms with Crippen LogP contribution in [0.15, 0.2) is 36.8 Å². The van der Waals surface area contributed by atoms with E-state index in [0.29, 0.717) is 49.5 Å². The Kier molecular flexibility index (Phi) is 6.27. The van der Waals surface area contributed by atoms with E-state index in [1.165, 1.54) is 6.20 Å². The molecule has 2 aromatic heterocycles. The fourth-order valence-corrected chi connectivity index (χ4v) is 5.08. The molecular weight excluding hydrogens is 462 g/mol. The van der Waals surface area contributed by atoms with Gasteiger partial charge in [0, 0.05) is 63.2 Å². The molecule has 0 spiro atoms. The Morgan fingerprint density at radius 3 is 2.75 bits per heavy atom. The first kappa shape index (κ1) is 24.0. The van der Waals surface area contributed by atoms with Gasteiger partial charge < -0.3 is 25.8 Å². The lowest BCUT2D eigenvalue weighted by atomic mass is 10.0. The Morgan fingerprint density at radius 1 is 1.25 bits per heavy atom. The summed E-state index contributed by atoms with van der Waals surface area (Å²) in [6.45, 7) is 6.43. The van der Waals surface area contributed by atoms with Crippen LogP contribution in [-0.4, -0.2) is 80.8 Å². The fourth-order valence-electron chi connectivity index (χ4n) is 5.08. The van der Waals surface area contributed by atoms with Gasteiger partial charge in [-0.15, -0.1) is 0 Å². The normalized spacial score (nSPS) is 18.0.